The number of ether oxygens (including phenoxy) is 2. The first-order valence-electron chi connectivity index (χ1n) is 8.24. The van der Waals surface area contributed by atoms with Gasteiger partial charge in [-0.3, -0.25) is 0 Å². The van der Waals surface area contributed by atoms with Crippen molar-refractivity contribution < 1.29 is 9.47 Å². The lowest BCUT2D eigenvalue weighted by Crippen LogP contribution is -2.11. The van der Waals surface area contributed by atoms with Crippen LogP contribution in [0, 0.1) is 0 Å². The van der Waals surface area contributed by atoms with Crippen LogP contribution in [0.15, 0.2) is 46.9 Å². The second-order valence-electron chi connectivity index (χ2n) is 8.05. The van der Waals surface area contributed by atoms with Gasteiger partial charge in [-0.05, 0) is 34.1 Å². The smallest absolute Gasteiger partial charge is 0.231 e. The van der Waals surface area contributed by atoms with Crippen LogP contribution in [0.3, 0.4) is 0 Å². The molecule has 0 atom stereocenters. The van der Waals surface area contributed by atoms with Crippen LogP contribution in [-0.2, 0) is 10.8 Å². The Morgan fingerprint density at radius 2 is 1.33 bits per heavy atom. The summed E-state index contributed by atoms with van der Waals surface area (Å²) in [6.07, 6.45) is 0. The minimum absolute atomic E-state index is 0.111. The van der Waals surface area contributed by atoms with E-state index in [1.54, 1.807) is 0 Å². The fourth-order valence-corrected chi connectivity index (χ4v) is 3.35. The molecular weight excluding hydrogens is 364 g/mol. The first-order chi connectivity index (χ1) is 11.1. The lowest BCUT2D eigenvalue weighted by Gasteiger charge is -2.21. The van der Waals surface area contributed by atoms with Crippen LogP contribution in [0.5, 0.6) is 11.5 Å². The van der Waals surface area contributed by atoms with E-state index in [1.165, 1.54) is 11.1 Å². The Bertz CT molecular complexity index is 679. The molecule has 3 rings (SSSR count). The van der Waals surface area contributed by atoms with E-state index in [2.05, 4.69) is 87.8 Å². The van der Waals surface area contributed by atoms with E-state index < -0.39 is 0 Å². The Kier molecular flexibility index (Phi) is 5.64. The topological polar surface area (TPSA) is 18.5 Å². The number of hydrogen-bond donors (Lipinski definition) is 0. The molecule has 0 radical (unpaired) electrons. The summed E-state index contributed by atoms with van der Waals surface area (Å²) in [5.74, 6) is 1.67. The zero-order valence-electron chi connectivity index (χ0n) is 15.4. The summed E-state index contributed by atoms with van der Waals surface area (Å²) in [7, 11) is 0. The van der Waals surface area contributed by atoms with Crippen molar-refractivity contribution in [1.29, 1.82) is 0 Å². The third kappa shape index (κ3) is 4.76. The zero-order chi connectivity index (χ0) is 18.0. The fourth-order valence-electron chi connectivity index (χ4n) is 2.43. The van der Waals surface area contributed by atoms with Gasteiger partial charge in [0.25, 0.3) is 0 Å². The second kappa shape index (κ2) is 7.18. The summed E-state index contributed by atoms with van der Waals surface area (Å²) < 4.78 is 11.7. The molecule has 0 saturated heterocycles. The van der Waals surface area contributed by atoms with Crippen molar-refractivity contribution in [3.63, 3.8) is 0 Å². The van der Waals surface area contributed by atoms with E-state index >= 15 is 0 Å². The molecule has 130 valence electrons. The molecule has 3 heteroatoms. The molecule has 0 fully saturated rings. The van der Waals surface area contributed by atoms with E-state index in [9.17, 15) is 0 Å². The molecule has 0 N–H and O–H groups in total. The molecule has 0 aromatic heterocycles. The third-order valence-electron chi connectivity index (χ3n) is 3.91. The highest BCUT2D eigenvalue weighted by atomic mass is 79.9. The lowest BCUT2D eigenvalue weighted by molar-refractivity contribution is 0.174. The van der Waals surface area contributed by atoms with Gasteiger partial charge in [-0.1, -0.05) is 87.8 Å². The molecule has 2 aromatic carbocycles. The van der Waals surface area contributed by atoms with Crippen molar-refractivity contribution in [3.05, 3.63) is 58.1 Å². The van der Waals surface area contributed by atoms with Crippen LogP contribution >= 0.6 is 15.9 Å². The number of halogens is 1. The summed E-state index contributed by atoms with van der Waals surface area (Å²) >= 11 is 3.55. The van der Waals surface area contributed by atoms with E-state index in [0.29, 0.717) is 12.2 Å². The van der Waals surface area contributed by atoms with Crippen molar-refractivity contribution in [2.75, 3.05) is 6.79 Å². The Morgan fingerprint density at radius 3 is 1.79 bits per heavy atom. The Balaban J connectivity index is 0.000000185. The van der Waals surface area contributed by atoms with Crippen molar-refractivity contribution in [3.8, 4) is 11.5 Å². The van der Waals surface area contributed by atoms with Gasteiger partial charge in [-0.25, -0.2) is 0 Å². The highest BCUT2D eigenvalue weighted by Crippen LogP contribution is 2.40. The maximum Gasteiger partial charge on any atom is 0.231 e. The predicted octanol–water partition coefficient (Wildman–Crippen LogP) is 6.46. The first kappa shape index (κ1) is 18.9. The molecule has 0 unspecified atom stereocenters. The molecule has 0 saturated carbocycles. The van der Waals surface area contributed by atoms with Crippen LogP contribution in [0.1, 0.15) is 52.7 Å². The van der Waals surface area contributed by atoms with E-state index in [0.717, 1.165) is 16.0 Å². The van der Waals surface area contributed by atoms with Crippen molar-refractivity contribution in [2.45, 2.75) is 52.4 Å². The maximum absolute atomic E-state index is 5.35. The normalized spacial score (nSPS) is 13.3. The van der Waals surface area contributed by atoms with Crippen LogP contribution in [0.4, 0.5) is 0 Å². The summed E-state index contributed by atoms with van der Waals surface area (Å²) in [5, 5.41) is 0. The van der Waals surface area contributed by atoms with E-state index in [4.69, 9.17) is 9.47 Å². The Morgan fingerprint density at radius 1 is 0.792 bits per heavy atom. The minimum atomic E-state index is 0.111. The fraction of sp³-hybridized carbons (Fsp3) is 0.429. The number of rotatable bonds is 0. The van der Waals surface area contributed by atoms with Gasteiger partial charge in [0.1, 0.15) is 0 Å². The first-order valence-corrected chi connectivity index (χ1v) is 9.03. The zero-order valence-corrected chi connectivity index (χ0v) is 17.0. The van der Waals surface area contributed by atoms with Gasteiger partial charge in [0.15, 0.2) is 11.5 Å². The van der Waals surface area contributed by atoms with Crippen molar-refractivity contribution in [1.82, 2.24) is 0 Å². The van der Waals surface area contributed by atoms with E-state index in [-0.39, 0.29) is 5.41 Å². The molecule has 1 heterocycles. The molecule has 24 heavy (non-hydrogen) atoms. The minimum Gasteiger partial charge on any atom is -0.454 e. The van der Waals surface area contributed by atoms with Gasteiger partial charge >= 0.3 is 0 Å². The SMILES string of the molecule is CC(C)(C)c1cc2c(cc1Br)OCO2.CC(C)(C)c1ccccc1. The Labute approximate surface area is 154 Å². The molecule has 2 nitrogen and oxygen atoms in total. The van der Waals surface area contributed by atoms with Crippen molar-refractivity contribution in [2.24, 2.45) is 0 Å². The van der Waals surface area contributed by atoms with Crippen LogP contribution in [0.25, 0.3) is 0 Å². The van der Waals surface area contributed by atoms with Crippen LogP contribution < -0.4 is 9.47 Å². The van der Waals surface area contributed by atoms with Gasteiger partial charge < -0.3 is 9.47 Å². The molecule has 1 aliphatic rings. The van der Waals surface area contributed by atoms with Gasteiger partial charge in [0.05, 0.1) is 0 Å². The summed E-state index contributed by atoms with van der Waals surface area (Å²) in [6.45, 7) is 13.5. The van der Waals surface area contributed by atoms with Crippen molar-refractivity contribution >= 4 is 15.9 Å². The van der Waals surface area contributed by atoms with Crippen LogP contribution in [0.2, 0.25) is 0 Å². The summed E-state index contributed by atoms with van der Waals surface area (Å²) in [6, 6.07) is 14.6. The third-order valence-corrected chi connectivity index (χ3v) is 4.57. The van der Waals surface area contributed by atoms with Gasteiger partial charge in [0.2, 0.25) is 6.79 Å². The van der Waals surface area contributed by atoms with E-state index in [1.807, 2.05) is 12.1 Å². The molecule has 0 bridgehead atoms. The molecule has 2 aromatic rings. The predicted molar refractivity (Wildman–Crippen MR) is 104 cm³/mol. The summed E-state index contributed by atoms with van der Waals surface area (Å²) in [4.78, 5) is 0. The van der Waals surface area contributed by atoms with Crippen LogP contribution in [-0.4, -0.2) is 6.79 Å². The number of benzene rings is 2. The monoisotopic (exact) mass is 390 g/mol. The largest absolute Gasteiger partial charge is 0.454 e. The van der Waals surface area contributed by atoms with Gasteiger partial charge in [-0.15, -0.1) is 0 Å². The average molecular weight is 391 g/mol. The maximum atomic E-state index is 5.35. The molecule has 0 aliphatic carbocycles. The number of hydrogen-bond acceptors (Lipinski definition) is 2. The standard InChI is InChI=1S/C11H13BrO2.C10H14/c1-11(2,3)7-4-9-10(5-8(7)12)14-6-13-9;1-10(2,3)9-7-5-4-6-8-9/h4-5H,6H2,1-3H3;4-8H,1-3H3. The highest BCUT2D eigenvalue weighted by Gasteiger charge is 2.22. The Hall–Kier alpha value is -1.48. The molecule has 0 spiro atoms. The number of fused-ring (bicyclic) bond motifs is 1. The second-order valence-corrected chi connectivity index (χ2v) is 8.91. The summed E-state index contributed by atoms with van der Waals surface area (Å²) in [5.41, 5.74) is 3.04. The lowest BCUT2D eigenvalue weighted by atomic mass is 9.87. The quantitative estimate of drug-likeness (QED) is 0.513. The highest BCUT2D eigenvalue weighted by molar-refractivity contribution is 9.10. The van der Waals surface area contributed by atoms with Gasteiger partial charge in [-0.2, -0.15) is 0 Å². The molecular formula is C21H27BrO2. The molecule has 0 amide bonds. The van der Waals surface area contributed by atoms with Gasteiger partial charge in [0, 0.05) is 4.47 Å². The average Bonchev–Trinajstić information content (AvgIpc) is 2.93. The molecule has 1 aliphatic heterocycles.